The van der Waals surface area contributed by atoms with E-state index in [1.54, 1.807) is 0 Å². The Kier molecular flexibility index (Phi) is 4.59. The molecular formula is C15H25N3. The van der Waals surface area contributed by atoms with Crippen molar-refractivity contribution in [2.45, 2.75) is 58.0 Å². The monoisotopic (exact) mass is 247 g/mol. The molecule has 100 valence electrons. The Balaban J connectivity index is 2.14. The number of hydrogen-bond donors (Lipinski definition) is 1. The molecular weight excluding hydrogens is 222 g/mol. The molecule has 0 atom stereocenters. The Hall–Kier alpha value is -1.09. The van der Waals surface area contributed by atoms with Crippen LogP contribution in [0.15, 0.2) is 12.3 Å². The predicted octanol–water partition coefficient (Wildman–Crippen LogP) is 3.01. The molecule has 1 aromatic rings. The fraction of sp³-hybridized carbons (Fsp3) is 0.667. The van der Waals surface area contributed by atoms with Gasteiger partial charge in [0.15, 0.2) is 0 Å². The molecule has 1 aliphatic carbocycles. The standard InChI is InChI=1S/C15H25N3/c1-12-9-13(10-16)11-17-15(12)18(2)14-7-5-3-4-6-8-14/h9,11,14H,3-8,10,16H2,1-2H3. The van der Waals surface area contributed by atoms with E-state index in [0.717, 1.165) is 11.4 Å². The van der Waals surface area contributed by atoms with E-state index in [-0.39, 0.29) is 0 Å². The van der Waals surface area contributed by atoms with E-state index in [1.165, 1.54) is 44.1 Å². The molecule has 18 heavy (non-hydrogen) atoms. The number of rotatable bonds is 3. The normalized spacial score (nSPS) is 17.5. The summed E-state index contributed by atoms with van der Waals surface area (Å²) in [4.78, 5) is 6.98. The number of aromatic nitrogens is 1. The summed E-state index contributed by atoms with van der Waals surface area (Å²) in [6, 6.07) is 2.82. The summed E-state index contributed by atoms with van der Waals surface area (Å²) in [6.07, 6.45) is 10.0. The summed E-state index contributed by atoms with van der Waals surface area (Å²) in [5, 5.41) is 0. The maximum Gasteiger partial charge on any atom is 0.131 e. The fourth-order valence-corrected chi connectivity index (χ4v) is 2.92. The van der Waals surface area contributed by atoms with Gasteiger partial charge >= 0.3 is 0 Å². The SMILES string of the molecule is Cc1cc(CN)cnc1N(C)C1CCCCCC1. The second-order valence-corrected chi connectivity index (χ2v) is 5.44. The van der Waals surface area contributed by atoms with Crippen molar-refractivity contribution in [2.75, 3.05) is 11.9 Å². The van der Waals surface area contributed by atoms with Crippen LogP contribution < -0.4 is 10.6 Å². The quantitative estimate of drug-likeness (QED) is 0.835. The molecule has 0 spiro atoms. The molecule has 0 aliphatic heterocycles. The van der Waals surface area contributed by atoms with E-state index < -0.39 is 0 Å². The summed E-state index contributed by atoms with van der Waals surface area (Å²) in [5.41, 5.74) is 8.01. The number of pyridine rings is 1. The van der Waals surface area contributed by atoms with Gasteiger partial charge in [0.1, 0.15) is 5.82 Å². The third-order valence-electron chi connectivity index (χ3n) is 4.05. The zero-order chi connectivity index (χ0) is 13.0. The van der Waals surface area contributed by atoms with Crippen LogP contribution in [0.4, 0.5) is 5.82 Å². The summed E-state index contributed by atoms with van der Waals surface area (Å²) in [6.45, 7) is 2.70. The Morgan fingerprint density at radius 3 is 2.50 bits per heavy atom. The van der Waals surface area contributed by atoms with Gasteiger partial charge in [-0.25, -0.2) is 4.98 Å². The van der Waals surface area contributed by atoms with Crippen molar-refractivity contribution in [3.63, 3.8) is 0 Å². The van der Waals surface area contributed by atoms with Crippen LogP contribution in [0.1, 0.15) is 49.7 Å². The van der Waals surface area contributed by atoms with Crippen LogP contribution in [-0.2, 0) is 6.54 Å². The maximum atomic E-state index is 5.65. The van der Waals surface area contributed by atoms with Gasteiger partial charge < -0.3 is 10.6 Å². The Labute approximate surface area is 110 Å². The first kappa shape index (κ1) is 13.3. The summed E-state index contributed by atoms with van der Waals surface area (Å²) in [7, 11) is 2.19. The minimum atomic E-state index is 0.571. The van der Waals surface area contributed by atoms with Crippen LogP contribution >= 0.6 is 0 Å². The number of aryl methyl sites for hydroxylation is 1. The predicted molar refractivity (Wildman–Crippen MR) is 76.8 cm³/mol. The Morgan fingerprint density at radius 2 is 1.94 bits per heavy atom. The van der Waals surface area contributed by atoms with E-state index in [4.69, 9.17) is 5.73 Å². The average Bonchev–Trinajstić information content (AvgIpc) is 2.66. The summed E-state index contributed by atoms with van der Waals surface area (Å²) < 4.78 is 0. The second kappa shape index (κ2) is 6.19. The molecule has 1 aromatic heterocycles. The lowest BCUT2D eigenvalue weighted by atomic mass is 10.1. The molecule has 1 fully saturated rings. The van der Waals surface area contributed by atoms with Gasteiger partial charge in [-0.3, -0.25) is 0 Å². The largest absolute Gasteiger partial charge is 0.356 e. The fourth-order valence-electron chi connectivity index (χ4n) is 2.92. The highest BCUT2D eigenvalue weighted by atomic mass is 15.2. The van der Waals surface area contributed by atoms with Gasteiger partial charge in [-0.1, -0.05) is 25.7 Å². The van der Waals surface area contributed by atoms with Crippen molar-refractivity contribution >= 4 is 5.82 Å². The van der Waals surface area contributed by atoms with Crippen molar-refractivity contribution in [1.82, 2.24) is 4.98 Å². The van der Waals surface area contributed by atoms with E-state index in [9.17, 15) is 0 Å². The number of nitrogens with two attached hydrogens (primary N) is 1. The van der Waals surface area contributed by atoms with Crippen LogP contribution in [-0.4, -0.2) is 18.1 Å². The highest BCUT2D eigenvalue weighted by molar-refractivity contribution is 5.47. The van der Waals surface area contributed by atoms with Crippen LogP contribution in [0.2, 0.25) is 0 Å². The topological polar surface area (TPSA) is 42.1 Å². The minimum Gasteiger partial charge on any atom is -0.356 e. The second-order valence-electron chi connectivity index (χ2n) is 5.44. The van der Waals surface area contributed by atoms with E-state index in [2.05, 4.69) is 29.9 Å². The van der Waals surface area contributed by atoms with Gasteiger partial charge in [-0.15, -0.1) is 0 Å². The van der Waals surface area contributed by atoms with E-state index in [0.29, 0.717) is 12.6 Å². The first-order valence-corrected chi connectivity index (χ1v) is 7.11. The molecule has 1 saturated carbocycles. The van der Waals surface area contributed by atoms with Crippen LogP contribution in [0.3, 0.4) is 0 Å². The van der Waals surface area contributed by atoms with Crippen LogP contribution in [0.5, 0.6) is 0 Å². The maximum absolute atomic E-state index is 5.65. The van der Waals surface area contributed by atoms with Gasteiger partial charge in [0, 0.05) is 25.8 Å². The molecule has 1 aliphatic rings. The van der Waals surface area contributed by atoms with Crippen LogP contribution in [0.25, 0.3) is 0 Å². The third kappa shape index (κ3) is 3.02. The molecule has 0 radical (unpaired) electrons. The van der Waals surface area contributed by atoms with Crippen molar-refractivity contribution in [1.29, 1.82) is 0 Å². The smallest absolute Gasteiger partial charge is 0.131 e. The molecule has 2 N–H and O–H groups in total. The highest BCUT2D eigenvalue weighted by Gasteiger charge is 2.19. The van der Waals surface area contributed by atoms with Gasteiger partial charge in [-0.05, 0) is 37.0 Å². The van der Waals surface area contributed by atoms with Crippen molar-refractivity contribution < 1.29 is 0 Å². The average molecular weight is 247 g/mol. The first-order chi connectivity index (χ1) is 8.72. The first-order valence-electron chi connectivity index (χ1n) is 7.11. The van der Waals surface area contributed by atoms with Gasteiger partial charge in [0.2, 0.25) is 0 Å². The molecule has 3 heteroatoms. The molecule has 0 aromatic carbocycles. The van der Waals surface area contributed by atoms with Crippen molar-refractivity contribution in [2.24, 2.45) is 5.73 Å². The zero-order valence-corrected chi connectivity index (χ0v) is 11.7. The van der Waals surface area contributed by atoms with E-state index >= 15 is 0 Å². The number of anilines is 1. The van der Waals surface area contributed by atoms with Gasteiger partial charge in [0.25, 0.3) is 0 Å². The molecule has 0 saturated heterocycles. The summed E-state index contributed by atoms with van der Waals surface area (Å²) in [5.74, 6) is 1.12. The lowest BCUT2D eigenvalue weighted by Gasteiger charge is -2.29. The van der Waals surface area contributed by atoms with Gasteiger partial charge in [0.05, 0.1) is 0 Å². The molecule has 2 rings (SSSR count). The number of nitrogens with zero attached hydrogens (tertiary/aromatic N) is 2. The van der Waals surface area contributed by atoms with E-state index in [1.807, 2.05) is 6.20 Å². The third-order valence-corrected chi connectivity index (χ3v) is 4.05. The molecule has 1 heterocycles. The lowest BCUT2D eigenvalue weighted by molar-refractivity contribution is 0.548. The summed E-state index contributed by atoms with van der Waals surface area (Å²) >= 11 is 0. The van der Waals surface area contributed by atoms with Gasteiger partial charge in [-0.2, -0.15) is 0 Å². The lowest BCUT2D eigenvalue weighted by Crippen LogP contribution is -2.32. The minimum absolute atomic E-state index is 0.571. The molecule has 0 bridgehead atoms. The Bertz CT molecular complexity index is 381. The molecule has 0 amide bonds. The Morgan fingerprint density at radius 1 is 1.28 bits per heavy atom. The zero-order valence-electron chi connectivity index (χ0n) is 11.7. The molecule has 3 nitrogen and oxygen atoms in total. The van der Waals surface area contributed by atoms with Crippen LogP contribution in [0, 0.1) is 6.92 Å². The molecule has 0 unspecified atom stereocenters. The van der Waals surface area contributed by atoms with Crippen molar-refractivity contribution in [3.05, 3.63) is 23.4 Å². The highest BCUT2D eigenvalue weighted by Crippen LogP contribution is 2.26. The van der Waals surface area contributed by atoms with Crippen molar-refractivity contribution in [3.8, 4) is 0 Å². The number of hydrogen-bond acceptors (Lipinski definition) is 3.